The Kier molecular flexibility index (Phi) is 6.81. The van der Waals surface area contributed by atoms with Crippen LogP contribution in [-0.4, -0.2) is 51.9 Å². The average molecular weight is 390 g/mol. The van der Waals surface area contributed by atoms with Crippen molar-refractivity contribution in [3.63, 3.8) is 0 Å². The Morgan fingerprint density at radius 3 is 2.84 bits per heavy atom. The van der Waals surface area contributed by atoms with Gasteiger partial charge in [0.2, 0.25) is 15.9 Å². The predicted molar refractivity (Wildman–Crippen MR) is 96.0 cm³/mol. The third-order valence-corrected chi connectivity index (χ3v) is 5.95. The average Bonchev–Trinajstić information content (AvgIpc) is 3.21. The molecule has 0 spiro atoms. The Balaban J connectivity index is 0.00000225. The molecule has 1 atom stereocenters. The predicted octanol–water partition coefficient (Wildman–Crippen LogP) is 0.627. The van der Waals surface area contributed by atoms with Gasteiger partial charge in [-0.05, 0) is 43.1 Å². The van der Waals surface area contributed by atoms with Crippen molar-refractivity contribution in [1.82, 2.24) is 14.9 Å². The van der Waals surface area contributed by atoms with Gasteiger partial charge in [-0.15, -0.1) is 12.4 Å². The molecule has 0 aromatic heterocycles. The summed E-state index contributed by atoms with van der Waals surface area (Å²) in [5.74, 6) is -0.180. The Hall–Kier alpha value is -1.19. The number of hydrogen-bond acceptors (Lipinski definition) is 5. The number of sulfonamides is 1. The molecule has 0 aliphatic carbocycles. The van der Waals surface area contributed by atoms with Crippen molar-refractivity contribution in [2.75, 3.05) is 26.7 Å². The van der Waals surface area contributed by atoms with Gasteiger partial charge in [0.1, 0.15) is 0 Å². The van der Waals surface area contributed by atoms with Crippen LogP contribution in [0.5, 0.6) is 0 Å². The number of benzene rings is 1. The Morgan fingerprint density at radius 2 is 2.08 bits per heavy atom. The van der Waals surface area contributed by atoms with E-state index < -0.39 is 10.0 Å². The summed E-state index contributed by atoms with van der Waals surface area (Å²) < 4.78 is 32.6. The maximum atomic E-state index is 12.4. The van der Waals surface area contributed by atoms with Gasteiger partial charge in [0.05, 0.1) is 24.7 Å². The van der Waals surface area contributed by atoms with Crippen molar-refractivity contribution in [3.05, 3.63) is 29.3 Å². The summed E-state index contributed by atoms with van der Waals surface area (Å²) >= 11 is 0. The van der Waals surface area contributed by atoms with Crippen molar-refractivity contribution < 1.29 is 17.9 Å². The van der Waals surface area contributed by atoms with Crippen LogP contribution in [0.1, 0.15) is 24.0 Å². The third-order valence-electron chi connectivity index (χ3n) is 4.55. The molecule has 3 rings (SSSR count). The van der Waals surface area contributed by atoms with Crippen LogP contribution in [0.3, 0.4) is 0 Å². The molecule has 1 aromatic carbocycles. The lowest BCUT2D eigenvalue weighted by molar-refractivity contribution is -0.130. The third kappa shape index (κ3) is 4.51. The summed E-state index contributed by atoms with van der Waals surface area (Å²) in [7, 11) is -1.86. The molecule has 0 saturated carbocycles. The van der Waals surface area contributed by atoms with E-state index >= 15 is 0 Å². The number of nitrogens with zero attached hydrogens (tertiary/aromatic N) is 1. The molecule has 25 heavy (non-hydrogen) atoms. The lowest BCUT2D eigenvalue weighted by Crippen LogP contribution is -2.45. The molecule has 2 heterocycles. The highest BCUT2D eigenvalue weighted by Gasteiger charge is 2.29. The molecule has 1 saturated heterocycles. The van der Waals surface area contributed by atoms with Gasteiger partial charge in [0.25, 0.3) is 0 Å². The second kappa shape index (κ2) is 8.46. The van der Waals surface area contributed by atoms with Crippen molar-refractivity contribution in [1.29, 1.82) is 0 Å². The maximum Gasteiger partial charge on any atom is 0.241 e. The van der Waals surface area contributed by atoms with Crippen molar-refractivity contribution >= 4 is 28.3 Å². The van der Waals surface area contributed by atoms with E-state index in [1.54, 1.807) is 23.1 Å². The molecule has 1 aromatic rings. The Morgan fingerprint density at radius 1 is 1.32 bits per heavy atom. The van der Waals surface area contributed by atoms with Crippen LogP contribution in [0.15, 0.2) is 23.1 Å². The number of halogens is 1. The molecular formula is C16H24ClN3O4S. The summed E-state index contributed by atoms with van der Waals surface area (Å²) in [4.78, 5) is 14.3. The fraction of sp³-hybridized carbons (Fsp3) is 0.562. The first-order chi connectivity index (χ1) is 11.5. The molecular weight excluding hydrogens is 366 g/mol. The number of rotatable bonds is 6. The number of carbonyl (C=O) groups is 1. The number of hydrogen-bond donors (Lipinski definition) is 2. The Bertz CT molecular complexity index is 726. The van der Waals surface area contributed by atoms with Gasteiger partial charge in [-0.1, -0.05) is 6.07 Å². The van der Waals surface area contributed by atoms with E-state index in [-0.39, 0.29) is 35.8 Å². The molecule has 2 N–H and O–H groups in total. The SMILES string of the molecule is CNCC1CCCN1C(=O)CNS(=O)(=O)c1ccc2c(c1)COC2.Cl. The molecule has 0 bridgehead atoms. The largest absolute Gasteiger partial charge is 0.372 e. The molecule has 1 unspecified atom stereocenters. The fourth-order valence-corrected chi connectivity index (χ4v) is 4.29. The minimum absolute atomic E-state index is 0. The highest BCUT2D eigenvalue weighted by Crippen LogP contribution is 2.23. The van der Waals surface area contributed by atoms with Gasteiger partial charge in [0.15, 0.2) is 0 Å². The highest BCUT2D eigenvalue weighted by atomic mass is 35.5. The summed E-state index contributed by atoms with van der Waals surface area (Å²) in [5.41, 5.74) is 1.90. The standard InChI is InChI=1S/C16H23N3O4S.ClH/c1-17-8-14-3-2-6-19(14)16(20)9-18-24(21,22)15-5-4-12-10-23-11-13(12)7-15;/h4-5,7,14,17-18H,2-3,6,8-11H2,1H3;1H. The smallest absolute Gasteiger partial charge is 0.241 e. The van der Waals surface area contributed by atoms with Gasteiger partial charge >= 0.3 is 0 Å². The van der Waals surface area contributed by atoms with Gasteiger partial charge in [-0.2, -0.15) is 0 Å². The normalized spacial score (nSPS) is 19.6. The van der Waals surface area contributed by atoms with Crippen LogP contribution in [-0.2, 0) is 32.8 Å². The van der Waals surface area contributed by atoms with Crippen LogP contribution >= 0.6 is 12.4 Å². The molecule has 1 amide bonds. The van der Waals surface area contributed by atoms with Gasteiger partial charge in [-0.3, -0.25) is 4.79 Å². The number of nitrogens with one attached hydrogen (secondary N) is 2. The van der Waals surface area contributed by atoms with Crippen LogP contribution < -0.4 is 10.0 Å². The van der Waals surface area contributed by atoms with Crippen molar-refractivity contribution in [3.8, 4) is 0 Å². The summed E-state index contributed by atoms with van der Waals surface area (Å²) in [6.07, 6.45) is 1.90. The minimum Gasteiger partial charge on any atom is -0.372 e. The van der Waals surface area contributed by atoms with Crippen LogP contribution in [0.2, 0.25) is 0 Å². The zero-order valence-electron chi connectivity index (χ0n) is 14.2. The van der Waals surface area contributed by atoms with Crippen molar-refractivity contribution in [2.45, 2.75) is 37.0 Å². The number of fused-ring (bicyclic) bond motifs is 1. The van der Waals surface area contributed by atoms with E-state index in [1.807, 2.05) is 7.05 Å². The topological polar surface area (TPSA) is 87.7 Å². The monoisotopic (exact) mass is 389 g/mol. The van der Waals surface area contributed by atoms with Crippen LogP contribution in [0.4, 0.5) is 0 Å². The van der Waals surface area contributed by atoms with Gasteiger partial charge in [-0.25, -0.2) is 13.1 Å². The zero-order chi connectivity index (χ0) is 17.2. The molecule has 0 radical (unpaired) electrons. The maximum absolute atomic E-state index is 12.4. The highest BCUT2D eigenvalue weighted by molar-refractivity contribution is 7.89. The molecule has 2 aliphatic rings. The van der Waals surface area contributed by atoms with E-state index in [1.165, 1.54) is 0 Å². The fourth-order valence-electron chi connectivity index (χ4n) is 3.27. The van der Waals surface area contributed by atoms with E-state index in [0.29, 0.717) is 19.8 Å². The number of likely N-dealkylation sites (N-methyl/N-ethyl adjacent to an activating group) is 1. The number of likely N-dealkylation sites (tertiary alicyclic amines) is 1. The van der Waals surface area contributed by atoms with E-state index in [9.17, 15) is 13.2 Å². The van der Waals surface area contributed by atoms with Gasteiger partial charge in [0, 0.05) is 19.1 Å². The number of amides is 1. The van der Waals surface area contributed by atoms with E-state index in [4.69, 9.17) is 4.74 Å². The molecule has 2 aliphatic heterocycles. The Labute approximate surface area is 154 Å². The first-order valence-corrected chi connectivity index (χ1v) is 9.63. The molecule has 9 heteroatoms. The second-order valence-electron chi connectivity index (χ2n) is 6.19. The lowest BCUT2D eigenvalue weighted by Gasteiger charge is -2.24. The molecule has 7 nitrogen and oxygen atoms in total. The van der Waals surface area contributed by atoms with E-state index in [0.717, 1.165) is 30.5 Å². The van der Waals surface area contributed by atoms with E-state index in [2.05, 4.69) is 10.0 Å². The summed E-state index contributed by atoms with van der Waals surface area (Å²) in [6, 6.07) is 5.08. The van der Waals surface area contributed by atoms with Crippen LogP contribution in [0.25, 0.3) is 0 Å². The van der Waals surface area contributed by atoms with Crippen LogP contribution in [0, 0.1) is 0 Å². The first-order valence-electron chi connectivity index (χ1n) is 8.14. The van der Waals surface area contributed by atoms with Gasteiger partial charge < -0.3 is 15.0 Å². The second-order valence-corrected chi connectivity index (χ2v) is 7.96. The quantitative estimate of drug-likeness (QED) is 0.745. The minimum atomic E-state index is -3.70. The molecule has 1 fully saturated rings. The molecule has 140 valence electrons. The summed E-state index contributed by atoms with van der Waals surface area (Å²) in [6.45, 7) is 2.14. The number of ether oxygens (including phenoxy) is 1. The first kappa shape index (κ1) is 20.1. The zero-order valence-corrected chi connectivity index (χ0v) is 15.8. The van der Waals surface area contributed by atoms with Crippen molar-refractivity contribution in [2.24, 2.45) is 0 Å². The lowest BCUT2D eigenvalue weighted by atomic mass is 10.1. The number of carbonyl (C=O) groups excluding carboxylic acids is 1. The summed E-state index contributed by atoms with van der Waals surface area (Å²) in [5, 5.41) is 3.07.